The van der Waals surface area contributed by atoms with Crippen LogP contribution in [0.15, 0.2) is 0 Å². The number of rotatable bonds is 11. The van der Waals surface area contributed by atoms with Gasteiger partial charge in [-0.05, 0) is 0 Å². The van der Waals surface area contributed by atoms with E-state index in [0.29, 0.717) is 0 Å². The van der Waals surface area contributed by atoms with Gasteiger partial charge in [-0.2, -0.15) is 0 Å². The predicted octanol–water partition coefficient (Wildman–Crippen LogP) is -3.03. The lowest BCUT2D eigenvalue weighted by atomic mass is 10.0. The number of phosphoric ester groups is 3. The molecule has 0 unspecified atom stereocenters. The largest absolute Gasteiger partial charge is 0.470 e. The second-order valence-corrected chi connectivity index (χ2v) is 7.72. The third-order valence-electron chi connectivity index (χ3n) is 2.12. The molecule has 0 heterocycles. The summed E-state index contributed by atoms with van der Waals surface area (Å²) in [5.41, 5.74) is 0. The predicted molar refractivity (Wildman–Crippen MR) is 69.9 cm³/mol. The van der Waals surface area contributed by atoms with Crippen molar-refractivity contribution in [3.8, 4) is 0 Å². The van der Waals surface area contributed by atoms with Crippen molar-refractivity contribution < 1.29 is 71.6 Å². The molecule has 4 atom stereocenters. The van der Waals surface area contributed by atoms with Crippen molar-refractivity contribution >= 4 is 29.8 Å². The van der Waals surface area contributed by atoms with Gasteiger partial charge in [0.25, 0.3) is 0 Å². The van der Waals surface area contributed by atoms with Crippen LogP contribution < -0.4 is 0 Å². The molecule has 0 aromatic carbocycles. The van der Waals surface area contributed by atoms with Gasteiger partial charge in [-0.1, -0.05) is 0 Å². The molecule has 0 spiro atoms. The SMILES string of the molecule is O=C[C@@H](OP(=O)(O)O)[C@H](O)[C@@H](OP(=O)(O)O)[C@H](O)COP(=O)(O)O. The van der Waals surface area contributed by atoms with Gasteiger partial charge < -0.3 is 44.4 Å². The standard InChI is InChI=1S/C6H15O15P3/c7-1-4(20-23(13,14)15)5(9)6(21-24(16,17)18)3(8)2-19-22(10,11)12/h1,3-6,8-9H,2H2,(H2,10,11,12)(H2,13,14,15)(H2,16,17,18)/t3-,4-,5+,6+/m1/s1. The summed E-state index contributed by atoms with van der Waals surface area (Å²) < 4.78 is 43.6. The molecule has 0 rings (SSSR count). The van der Waals surface area contributed by atoms with Gasteiger partial charge in [0.05, 0.1) is 6.61 Å². The molecule has 0 saturated heterocycles. The smallest absolute Gasteiger partial charge is 0.388 e. The van der Waals surface area contributed by atoms with Crippen molar-refractivity contribution in [2.75, 3.05) is 6.61 Å². The van der Waals surface area contributed by atoms with Crippen molar-refractivity contribution in [2.24, 2.45) is 0 Å². The van der Waals surface area contributed by atoms with Crippen LogP contribution in [0.3, 0.4) is 0 Å². The number of carbonyl (C=O) groups excluding carboxylic acids is 1. The second-order valence-electron chi connectivity index (χ2n) is 4.10. The van der Waals surface area contributed by atoms with E-state index in [1.165, 1.54) is 0 Å². The summed E-state index contributed by atoms with van der Waals surface area (Å²) in [5, 5.41) is 19.3. The van der Waals surface area contributed by atoms with Crippen molar-refractivity contribution in [2.45, 2.75) is 24.4 Å². The van der Waals surface area contributed by atoms with Crippen LogP contribution in [0.2, 0.25) is 0 Å². The molecule has 24 heavy (non-hydrogen) atoms. The minimum absolute atomic E-state index is 0.365. The molecule has 0 aliphatic carbocycles. The maximum Gasteiger partial charge on any atom is 0.470 e. The fraction of sp³-hybridized carbons (Fsp3) is 0.833. The van der Waals surface area contributed by atoms with Gasteiger partial charge in [0.2, 0.25) is 0 Å². The summed E-state index contributed by atoms with van der Waals surface area (Å²) >= 11 is 0. The number of aliphatic hydroxyl groups excluding tert-OH is 2. The lowest BCUT2D eigenvalue weighted by molar-refractivity contribution is -0.133. The van der Waals surface area contributed by atoms with Crippen LogP contribution in [0.1, 0.15) is 0 Å². The van der Waals surface area contributed by atoms with Crippen LogP contribution in [0.25, 0.3) is 0 Å². The number of carbonyl (C=O) groups is 1. The Morgan fingerprint density at radius 3 is 1.62 bits per heavy atom. The zero-order chi connectivity index (χ0) is 19.3. The molecule has 0 radical (unpaired) electrons. The van der Waals surface area contributed by atoms with Crippen molar-refractivity contribution in [3.63, 3.8) is 0 Å². The Bertz CT molecular complexity index is 543. The van der Waals surface area contributed by atoms with Crippen molar-refractivity contribution in [1.82, 2.24) is 0 Å². The Kier molecular flexibility index (Phi) is 9.00. The van der Waals surface area contributed by atoms with Crippen LogP contribution in [-0.4, -0.2) is 76.9 Å². The van der Waals surface area contributed by atoms with E-state index in [2.05, 4.69) is 13.6 Å². The summed E-state index contributed by atoms with van der Waals surface area (Å²) in [5.74, 6) is 0. The van der Waals surface area contributed by atoms with E-state index < -0.39 is 54.5 Å². The highest BCUT2D eigenvalue weighted by Gasteiger charge is 2.41. The van der Waals surface area contributed by atoms with E-state index in [1.807, 2.05) is 0 Å². The van der Waals surface area contributed by atoms with Crippen molar-refractivity contribution in [3.05, 3.63) is 0 Å². The van der Waals surface area contributed by atoms with E-state index in [1.54, 1.807) is 0 Å². The molecular formula is C6H15O15P3. The van der Waals surface area contributed by atoms with Crippen LogP contribution in [0, 0.1) is 0 Å². The molecule has 0 fully saturated rings. The highest BCUT2D eigenvalue weighted by Crippen LogP contribution is 2.43. The molecule has 15 nitrogen and oxygen atoms in total. The van der Waals surface area contributed by atoms with Crippen LogP contribution in [-0.2, 0) is 32.1 Å². The van der Waals surface area contributed by atoms with Crippen LogP contribution in [0.5, 0.6) is 0 Å². The average molecular weight is 420 g/mol. The lowest BCUT2D eigenvalue weighted by Gasteiger charge is -2.30. The Labute approximate surface area is 133 Å². The third-order valence-corrected chi connectivity index (χ3v) is 3.64. The summed E-state index contributed by atoms with van der Waals surface area (Å²) in [7, 11) is -15.9. The fourth-order valence-corrected chi connectivity index (χ4v) is 2.72. The monoisotopic (exact) mass is 420 g/mol. The highest BCUT2D eigenvalue weighted by atomic mass is 31.2. The van der Waals surface area contributed by atoms with E-state index in [0.717, 1.165) is 0 Å². The Hall–Kier alpha value is -0.0800. The fourth-order valence-electron chi connectivity index (χ4n) is 1.30. The normalized spacial score (nSPS) is 18.7. The van der Waals surface area contributed by atoms with E-state index in [-0.39, 0.29) is 6.29 Å². The lowest BCUT2D eigenvalue weighted by Crippen LogP contribution is -2.48. The molecule has 18 heteroatoms. The molecule has 0 aliphatic rings. The summed E-state index contributed by atoms with van der Waals surface area (Å²) in [6.45, 7) is -1.33. The number of hydrogen-bond donors (Lipinski definition) is 8. The average Bonchev–Trinajstić information content (AvgIpc) is 2.35. The topological polar surface area (TPSA) is 258 Å². The van der Waals surface area contributed by atoms with Gasteiger partial charge in [-0.25, -0.2) is 13.7 Å². The van der Waals surface area contributed by atoms with E-state index in [4.69, 9.17) is 29.4 Å². The Morgan fingerprint density at radius 2 is 1.29 bits per heavy atom. The molecule has 0 amide bonds. The Balaban J connectivity index is 5.36. The maximum absolute atomic E-state index is 10.8. The number of aliphatic hydroxyl groups is 2. The third kappa shape index (κ3) is 10.7. The summed E-state index contributed by atoms with van der Waals surface area (Å²) in [4.78, 5) is 62.2. The molecule has 0 aliphatic heterocycles. The quantitative estimate of drug-likeness (QED) is 0.122. The first kappa shape index (κ1) is 23.9. The van der Waals surface area contributed by atoms with Crippen LogP contribution >= 0.6 is 23.5 Å². The molecule has 0 aromatic heterocycles. The van der Waals surface area contributed by atoms with E-state index >= 15 is 0 Å². The first-order chi connectivity index (χ1) is 10.6. The van der Waals surface area contributed by atoms with Gasteiger partial charge in [0, 0.05) is 0 Å². The number of phosphoric acid groups is 3. The summed E-state index contributed by atoms with van der Waals surface area (Å²) in [6, 6.07) is 0. The zero-order valence-electron chi connectivity index (χ0n) is 11.4. The minimum atomic E-state index is -5.43. The number of aldehydes is 1. The summed E-state index contributed by atoms with van der Waals surface area (Å²) in [6.07, 6.45) is -10.1. The molecule has 8 N–H and O–H groups in total. The molecule has 0 bridgehead atoms. The molecular weight excluding hydrogens is 405 g/mol. The van der Waals surface area contributed by atoms with Crippen molar-refractivity contribution in [1.29, 1.82) is 0 Å². The van der Waals surface area contributed by atoms with Gasteiger partial charge in [-0.3, -0.25) is 13.6 Å². The van der Waals surface area contributed by atoms with Gasteiger partial charge in [-0.15, -0.1) is 0 Å². The molecule has 0 saturated carbocycles. The Morgan fingerprint density at radius 1 is 0.833 bits per heavy atom. The molecule has 144 valence electrons. The number of hydrogen-bond acceptors (Lipinski definition) is 9. The minimum Gasteiger partial charge on any atom is -0.388 e. The van der Waals surface area contributed by atoms with Gasteiger partial charge in [0.1, 0.15) is 18.3 Å². The van der Waals surface area contributed by atoms with Gasteiger partial charge in [0.15, 0.2) is 12.4 Å². The maximum atomic E-state index is 10.8. The van der Waals surface area contributed by atoms with Crippen LogP contribution in [0.4, 0.5) is 0 Å². The first-order valence-electron chi connectivity index (χ1n) is 5.55. The van der Waals surface area contributed by atoms with E-state index in [9.17, 15) is 28.7 Å². The molecule has 0 aromatic rings. The second kappa shape index (κ2) is 9.03. The van der Waals surface area contributed by atoms with Gasteiger partial charge >= 0.3 is 23.5 Å². The highest BCUT2D eigenvalue weighted by molar-refractivity contribution is 7.46. The first-order valence-corrected chi connectivity index (χ1v) is 10.1. The zero-order valence-corrected chi connectivity index (χ0v) is 14.1.